The average Bonchev–Trinajstić information content (AvgIpc) is 3.29. The highest BCUT2D eigenvalue weighted by molar-refractivity contribution is 7.09. The van der Waals surface area contributed by atoms with Crippen LogP contribution in [0.4, 0.5) is 0 Å². The second kappa shape index (κ2) is 9.80. The van der Waals surface area contributed by atoms with E-state index in [9.17, 15) is 0 Å². The second-order valence-corrected chi connectivity index (χ2v) is 7.52. The number of benzene rings is 2. The predicted molar refractivity (Wildman–Crippen MR) is 117 cm³/mol. The number of hydrogen-bond donors (Lipinski definition) is 0. The Balaban J connectivity index is 1.79. The van der Waals surface area contributed by atoms with E-state index in [1.807, 2.05) is 47.8 Å². The fourth-order valence-corrected chi connectivity index (χ4v) is 4.11. The highest BCUT2D eigenvalue weighted by Gasteiger charge is 2.35. The Bertz CT molecular complexity index is 987. The first-order valence-electron chi connectivity index (χ1n) is 9.14. The number of nitrogens with zero attached hydrogens (tertiary/aromatic N) is 1. The minimum atomic E-state index is -0.617. The summed E-state index contributed by atoms with van der Waals surface area (Å²) in [7, 11) is 3.32. The minimum absolute atomic E-state index is 0.244. The molecule has 0 bridgehead atoms. The molecule has 0 saturated carbocycles. The number of hydrogen-bond acceptors (Lipinski definition) is 5. The van der Waals surface area contributed by atoms with Gasteiger partial charge in [-0.05, 0) is 48.4 Å². The van der Waals surface area contributed by atoms with Gasteiger partial charge in [0.2, 0.25) is 0 Å². The summed E-state index contributed by atoms with van der Waals surface area (Å²) < 4.78 is 17.3. The van der Waals surface area contributed by atoms with Crippen molar-refractivity contribution in [2.45, 2.75) is 18.9 Å². The highest BCUT2D eigenvalue weighted by atomic mass is 35.5. The van der Waals surface area contributed by atoms with Gasteiger partial charge in [0.05, 0.1) is 7.11 Å². The zero-order valence-electron chi connectivity index (χ0n) is 16.6. The van der Waals surface area contributed by atoms with E-state index < -0.39 is 5.60 Å². The molecule has 3 aromatic rings. The first-order valence-corrected chi connectivity index (χ1v) is 10.4. The molecule has 1 aromatic heterocycles. The molecule has 150 valence electrons. The first kappa shape index (κ1) is 21.2. The molecule has 0 saturated heterocycles. The zero-order valence-corrected chi connectivity index (χ0v) is 18.1. The second-order valence-electron chi connectivity index (χ2n) is 6.18. The molecule has 0 aliphatic rings. The number of aromatic nitrogens is 1. The third kappa shape index (κ3) is 4.73. The van der Waals surface area contributed by atoms with Gasteiger partial charge >= 0.3 is 0 Å². The van der Waals surface area contributed by atoms with Crippen molar-refractivity contribution >= 4 is 22.9 Å². The van der Waals surface area contributed by atoms with E-state index in [1.165, 1.54) is 0 Å². The van der Waals surface area contributed by atoms with Crippen molar-refractivity contribution in [3.05, 3.63) is 75.2 Å². The largest absolute Gasteiger partial charge is 0.493 e. The number of rotatable bonds is 7. The lowest BCUT2D eigenvalue weighted by Gasteiger charge is -2.30. The molecule has 29 heavy (non-hydrogen) atoms. The van der Waals surface area contributed by atoms with Crippen LogP contribution in [0, 0.1) is 11.8 Å². The van der Waals surface area contributed by atoms with Crippen LogP contribution in [0.5, 0.6) is 11.5 Å². The molecule has 0 N–H and O–H groups in total. The quantitative estimate of drug-likeness (QED) is 0.464. The molecule has 4 nitrogen and oxygen atoms in total. The average molecular weight is 428 g/mol. The molecule has 0 amide bonds. The maximum Gasteiger partial charge on any atom is 0.162 e. The number of ether oxygens (including phenoxy) is 3. The van der Waals surface area contributed by atoms with Crippen molar-refractivity contribution in [1.29, 1.82) is 0 Å². The van der Waals surface area contributed by atoms with Gasteiger partial charge in [0.25, 0.3) is 0 Å². The van der Waals surface area contributed by atoms with Crippen molar-refractivity contribution in [3.8, 4) is 23.3 Å². The number of halogens is 1. The Morgan fingerprint density at radius 2 is 1.90 bits per heavy atom. The first-order chi connectivity index (χ1) is 14.1. The third-order valence-electron chi connectivity index (χ3n) is 4.63. The standard InChI is InChI=1S/C23H22ClNO3S/c1-4-23(27-3,22-25-13-15-29-22)18-9-12-20(21(16-18)26-2)28-14-5-6-17-7-10-19(24)11-8-17/h7-13,15-16H,4,14H2,1-3H3. The van der Waals surface area contributed by atoms with Crippen molar-refractivity contribution < 1.29 is 14.2 Å². The van der Waals surface area contributed by atoms with Crippen LogP contribution in [0.25, 0.3) is 0 Å². The minimum Gasteiger partial charge on any atom is -0.493 e. The summed E-state index contributed by atoms with van der Waals surface area (Å²) >= 11 is 7.46. The zero-order chi connectivity index (χ0) is 20.7. The molecule has 0 radical (unpaired) electrons. The van der Waals surface area contributed by atoms with E-state index in [0.29, 0.717) is 16.5 Å². The Hall–Kier alpha value is -2.52. The Labute approximate surface area is 180 Å². The molecule has 2 aromatic carbocycles. The number of thiazole rings is 1. The maximum atomic E-state index is 5.93. The van der Waals surface area contributed by atoms with Gasteiger partial charge in [0.1, 0.15) is 17.2 Å². The van der Waals surface area contributed by atoms with Crippen LogP contribution in [-0.4, -0.2) is 25.8 Å². The normalized spacial score (nSPS) is 12.6. The van der Waals surface area contributed by atoms with Gasteiger partial charge < -0.3 is 14.2 Å². The molecular formula is C23H22ClNO3S. The van der Waals surface area contributed by atoms with E-state index in [2.05, 4.69) is 23.7 Å². The molecular weight excluding hydrogens is 406 g/mol. The van der Waals surface area contributed by atoms with E-state index >= 15 is 0 Å². The fourth-order valence-electron chi connectivity index (χ4n) is 3.07. The van der Waals surface area contributed by atoms with Gasteiger partial charge in [0, 0.05) is 29.3 Å². The predicted octanol–water partition coefficient (Wildman–Crippen LogP) is 5.54. The van der Waals surface area contributed by atoms with Crippen LogP contribution in [0.2, 0.25) is 5.02 Å². The SMILES string of the molecule is CCC(OC)(c1ccc(OCC#Cc2ccc(Cl)cc2)c(OC)c1)c1nccs1. The van der Waals surface area contributed by atoms with Crippen LogP contribution in [-0.2, 0) is 10.3 Å². The maximum absolute atomic E-state index is 5.93. The molecule has 3 rings (SSSR count). The lowest BCUT2D eigenvalue weighted by molar-refractivity contribution is 0.0182. The van der Waals surface area contributed by atoms with Crippen molar-refractivity contribution in [3.63, 3.8) is 0 Å². The van der Waals surface area contributed by atoms with Crippen LogP contribution in [0.1, 0.15) is 29.5 Å². The van der Waals surface area contributed by atoms with Gasteiger partial charge in [-0.1, -0.05) is 36.4 Å². The lowest BCUT2D eigenvalue weighted by Crippen LogP contribution is -2.29. The molecule has 1 heterocycles. The molecule has 0 spiro atoms. The summed E-state index contributed by atoms with van der Waals surface area (Å²) in [6.45, 7) is 2.32. The van der Waals surface area contributed by atoms with Crippen molar-refractivity contribution in [2.75, 3.05) is 20.8 Å². The van der Waals surface area contributed by atoms with E-state index in [4.69, 9.17) is 25.8 Å². The molecule has 6 heteroatoms. The Morgan fingerprint density at radius 1 is 1.10 bits per heavy atom. The summed E-state index contributed by atoms with van der Waals surface area (Å²) in [6.07, 6.45) is 2.53. The van der Waals surface area contributed by atoms with Crippen molar-refractivity contribution in [2.24, 2.45) is 0 Å². The summed E-state index contributed by atoms with van der Waals surface area (Å²) in [5.41, 5.74) is 1.24. The molecule has 1 unspecified atom stereocenters. The third-order valence-corrected chi connectivity index (χ3v) is 5.80. The molecule has 1 atom stereocenters. The smallest absolute Gasteiger partial charge is 0.162 e. The summed E-state index contributed by atoms with van der Waals surface area (Å²) in [5.74, 6) is 7.31. The fraction of sp³-hybridized carbons (Fsp3) is 0.261. The van der Waals surface area contributed by atoms with Gasteiger partial charge in [-0.25, -0.2) is 4.98 Å². The Kier molecular flexibility index (Phi) is 7.16. The van der Waals surface area contributed by atoms with Gasteiger partial charge in [-0.15, -0.1) is 11.3 Å². The monoisotopic (exact) mass is 427 g/mol. The van der Waals surface area contributed by atoms with Crippen LogP contribution >= 0.6 is 22.9 Å². The Morgan fingerprint density at radius 3 is 2.52 bits per heavy atom. The number of methoxy groups -OCH3 is 2. The van der Waals surface area contributed by atoms with Crippen LogP contribution < -0.4 is 9.47 Å². The van der Waals surface area contributed by atoms with Crippen molar-refractivity contribution in [1.82, 2.24) is 4.98 Å². The summed E-state index contributed by atoms with van der Waals surface area (Å²) in [6, 6.07) is 13.2. The summed E-state index contributed by atoms with van der Waals surface area (Å²) in [5, 5.41) is 3.55. The van der Waals surface area contributed by atoms with Crippen LogP contribution in [0.15, 0.2) is 54.0 Å². The van der Waals surface area contributed by atoms with E-state index in [1.54, 1.807) is 31.8 Å². The van der Waals surface area contributed by atoms with Gasteiger partial charge in [0.15, 0.2) is 11.5 Å². The van der Waals surface area contributed by atoms with Gasteiger partial charge in [-0.2, -0.15) is 0 Å². The van der Waals surface area contributed by atoms with Crippen LogP contribution in [0.3, 0.4) is 0 Å². The van der Waals surface area contributed by atoms with Gasteiger partial charge in [-0.3, -0.25) is 0 Å². The molecule has 0 aliphatic carbocycles. The summed E-state index contributed by atoms with van der Waals surface area (Å²) in [4.78, 5) is 4.47. The van der Waals surface area contributed by atoms with E-state index in [-0.39, 0.29) is 6.61 Å². The topological polar surface area (TPSA) is 40.6 Å². The van der Waals surface area contributed by atoms with E-state index in [0.717, 1.165) is 22.6 Å². The molecule has 0 aliphatic heterocycles. The highest BCUT2D eigenvalue weighted by Crippen LogP contribution is 2.41. The lowest BCUT2D eigenvalue weighted by atomic mass is 9.91. The molecule has 0 fully saturated rings.